The first-order valence-electron chi connectivity index (χ1n) is 6.85. The number of aryl methyl sites for hydroxylation is 2. The quantitative estimate of drug-likeness (QED) is 0.911. The second-order valence-corrected chi connectivity index (χ2v) is 7.81. The molecular weight excluding hydrogens is 316 g/mol. The van der Waals surface area contributed by atoms with E-state index in [-0.39, 0.29) is 4.90 Å². The molecule has 114 valence electrons. The fourth-order valence-corrected chi connectivity index (χ4v) is 4.33. The van der Waals surface area contributed by atoms with Crippen LogP contribution < -0.4 is 5.32 Å². The fourth-order valence-electron chi connectivity index (χ4n) is 2.16. The van der Waals surface area contributed by atoms with E-state index in [2.05, 4.69) is 9.71 Å². The van der Waals surface area contributed by atoms with E-state index in [1.165, 1.54) is 17.3 Å². The number of hydrogen-bond donors (Lipinski definition) is 1. The predicted octanol–water partition coefficient (Wildman–Crippen LogP) is 3.71. The van der Waals surface area contributed by atoms with Crippen LogP contribution in [0.25, 0.3) is 0 Å². The van der Waals surface area contributed by atoms with Crippen molar-refractivity contribution >= 4 is 32.6 Å². The summed E-state index contributed by atoms with van der Waals surface area (Å²) in [6.45, 7) is 3.97. The van der Waals surface area contributed by atoms with Crippen molar-refractivity contribution in [3.05, 3.63) is 59.2 Å². The predicted molar refractivity (Wildman–Crippen MR) is 91.9 cm³/mol. The molecule has 0 saturated heterocycles. The van der Waals surface area contributed by atoms with Gasteiger partial charge in [-0.25, -0.2) is 0 Å². The Morgan fingerprint density at radius 3 is 2.45 bits per heavy atom. The molecule has 2 aromatic carbocycles. The number of hydrogen-bond acceptors (Lipinski definition) is 4. The number of benzene rings is 2. The van der Waals surface area contributed by atoms with Crippen LogP contribution in [-0.4, -0.2) is 13.6 Å². The minimum Gasteiger partial charge on any atom is -0.333 e. The molecule has 0 saturated carbocycles. The van der Waals surface area contributed by atoms with Gasteiger partial charge in [0.05, 0.1) is 5.69 Å². The molecule has 0 aliphatic carbocycles. The van der Waals surface area contributed by atoms with Gasteiger partial charge in [-0.3, -0.25) is 0 Å². The molecule has 0 radical (unpaired) electrons. The molecule has 0 atom stereocenters. The van der Waals surface area contributed by atoms with E-state index >= 15 is 0 Å². The van der Waals surface area contributed by atoms with Gasteiger partial charge < -0.3 is 5.32 Å². The zero-order valence-corrected chi connectivity index (χ0v) is 14.0. The fraction of sp³-hybridized carbons (Fsp3) is 0.188. The molecule has 1 aliphatic rings. The van der Waals surface area contributed by atoms with Crippen molar-refractivity contribution in [2.75, 3.05) is 5.32 Å². The summed E-state index contributed by atoms with van der Waals surface area (Å²) in [4.78, 5) is 0.234. The van der Waals surface area contributed by atoms with Gasteiger partial charge in [-0.2, -0.15) is 8.42 Å². The van der Waals surface area contributed by atoms with Gasteiger partial charge in [-0.05, 0) is 37.1 Å². The van der Waals surface area contributed by atoms with Gasteiger partial charge in [0.15, 0.2) is 5.17 Å². The van der Waals surface area contributed by atoms with Crippen LogP contribution in [0.3, 0.4) is 0 Å². The second-order valence-electron chi connectivity index (χ2n) is 5.27. The minimum atomic E-state index is -3.61. The zero-order chi connectivity index (χ0) is 15.7. The highest BCUT2D eigenvalue weighted by Gasteiger charge is 2.24. The maximum absolute atomic E-state index is 12.2. The maximum atomic E-state index is 12.2. The molecule has 1 heterocycles. The lowest BCUT2D eigenvalue weighted by atomic mass is 10.2. The zero-order valence-electron chi connectivity index (χ0n) is 12.3. The smallest absolute Gasteiger partial charge is 0.286 e. The highest BCUT2D eigenvalue weighted by molar-refractivity contribution is 8.14. The highest BCUT2D eigenvalue weighted by Crippen LogP contribution is 2.31. The van der Waals surface area contributed by atoms with Gasteiger partial charge in [0.2, 0.25) is 0 Å². The summed E-state index contributed by atoms with van der Waals surface area (Å²) in [5.74, 6) is 0.669. The van der Waals surface area contributed by atoms with Crippen LogP contribution in [0.5, 0.6) is 0 Å². The first-order chi connectivity index (χ1) is 10.4. The van der Waals surface area contributed by atoms with Crippen LogP contribution in [0.15, 0.2) is 51.8 Å². The molecule has 4 nitrogen and oxygen atoms in total. The lowest BCUT2D eigenvalue weighted by molar-refractivity contribution is 0.598. The van der Waals surface area contributed by atoms with E-state index in [1.54, 1.807) is 12.1 Å². The number of amidine groups is 1. The minimum absolute atomic E-state index is 0.234. The van der Waals surface area contributed by atoms with Crippen LogP contribution in [0, 0.1) is 13.8 Å². The normalized spacial score (nSPS) is 15.6. The Labute approximate surface area is 134 Å². The van der Waals surface area contributed by atoms with Crippen molar-refractivity contribution in [3.63, 3.8) is 0 Å². The largest absolute Gasteiger partial charge is 0.333 e. The summed E-state index contributed by atoms with van der Waals surface area (Å²) >= 11 is 1.39. The third-order valence-corrected chi connectivity index (χ3v) is 5.75. The van der Waals surface area contributed by atoms with E-state index in [0.717, 1.165) is 11.1 Å². The highest BCUT2D eigenvalue weighted by atomic mass is 32.2. The van der Waals surface area contributed by atoms with Gasteiger partial charge in [-0.1, -0.05) is 47.7 Å². The van der Waals surface area contributed by atoms with E-state index in [9.17, 15) is 8.42 Å². The Hall–Kier alpha value is -1.79. The standard InChI is InChI=1S/C16H16N2O2S2/c1-11-3-6-13(7-4-11)10-21-16-17-14-9-12(2)5-8-15(14)22(19,20)18-16/h3-9H,10H2,1-2H3,(H,17,18). The van der Waals surface area contributed by atoms with Crippen molar-refractivity contribution in [2.45, 2.75) is 24.5 Å². The Balaban J connectivity index is 1.81. The van der Waals surface area contributed by atoms with Crippen molar-refractivity contribution in [1.82, 2.24) is 0 Å². The molecule has 0 aromatic heterocycles. The van der Waals surface area contributed by atoms with E-state index in [1.807, 2.05) is 44.2 Å². The molecule has 0 spiro atoms. The molecule has 1 aliphatic heterocycles. The average molecular weight is 332 g/mol. The van der Waals surface area contributed by atoms with Crippen LogP contribution >= 0.6 is 11.8 Å². The molecule has 0 fully saturated rings. The third-order valence-electron chi connectivity index (χ3n) is 3.35. The van der Waals surface area contributed by atoms with Gasteiger partial charge in [-0.15, -0.1) is 4.40 Å². The lowest BCUT2D eigenvalue weighted by Crippen LogP contribution is -2.19. The van der Waals surface area contributed by atoms with Crippen molar-refractivity contribution in [2.24, 2.45) is 4.40 Å². The van der Waals surface area contributed by atoms with Gasteiger partial charge in [0.1, 0.15) is 4.90 Å². The van der Waals surface area contributed by atoms with Gasteiger partial charge in [0.25, 0.3) is 10.0 Å². The monoisotopic (exact) mass is 332 g/mol. The Morgan fingerprint density at radius 1 is 1.05 bits per heavy atom. The summed E-state index contributed by atoms with van der Waals surface area (Å²) in [7, 11) is -3.61. The topological polar surface area (TPSA) is 58.5 Å². The van der Waals surface area contributed by atoms with Gasteiger partial charge in [0, 0.05) is 5.75 Å². The molecule has 22 heavy (non-hydrogen) atoms. The molecule has 1 N–H and O–H groups in total. The molecule has 3 rings (SSSR count). The lowest BCUT2D eigenvalue weighted by Gasteiger charge is -2.18. The molecule has 2 aromatic rings. The Morgan fingerprint density at radius 2 is 1.73 bits per heavy atom. The number of fused-ring (bicyclic) bond motifs is 1. The molecule has 0 amide bonds. The first-order valence-corrected chi connectivity index (χ1v) is 9.28. The Kier molecular flexibility index (Phi) is 3.97. The summed E-state index contributed by atoms with van der Waals surface area (Å²) in [5, 5.41) is 3.52. The third kappa shape index (κ3) is 3.18. The number of nitrogens with one attached hydrogen (secondary N) is 1. The number of sulfonamides is 1. The SMILES string of the molecule is Cc1ccc(CSC2=NS(=O)(=O)c3ccc(C)cc3N2)cc1. The van der Waals surface area contributed by atoms with Crippen molar-refractivity contribution in [3.8, 4) is 0 Å². The van der Waals surface area contributed by atoms with Crippen LogP contribution in [0.1, 0.15) is 16.7 Å². The van der Waals surface area contributed by atoms with Crippen LogP contribution in [-0.2, 0) is 15.8 Å². The second kappa shape index (κ2) is 5.78. The molecule has 0 unspecified atom stereocenters. The number of rotatable bonds is 2. The summed E-state index contributed by atoms with van der Waals surface area (Å²) in [6.07, 6.45) is 0. The molecule has 6 heteroatoms. The van der Waals surface area contributed by atoms with E-state index < -0.39 is 10.0 Å². The summed E-state index contributed by atoms with van der Waals surface area (Å²) in [5.41, 5.74) is 3.94. The van der Waals surface area contributed by atoms with Crippen molar-refractivity contribution in [1.29, 1.82) is 0 Å². The first kappa shape index (κ1) is 15.1. The van der Waals surface area contributed by atoms with Crippen LogP contribution in [0.2, 0.25) is 0 Å². The molecule has 0 bridgehead atoms. The van der Waals surface area contributed by atoms with Gasteiger partial charge >= 0.3 is 0 Å². The number of anilines is 1. The van der Waals surface area contributed by atoms with Crippen molar-refractivity contribution < 1.29 is 8.42 Å². The number of nitrogens with zero attached hydrogens (tertiary/aromatic N) is 1. The Bertz CT molecular complexity index is 841. The van der Waals surface area contributed by atoms with E-state index in [4.69, 9.17) is 0 Å². The summed E-state index contributed by atoms with van der Waals surface area (Å²) < 4.78 is 28.3. The maximum Gasteiger partial charge on any atom is 0.286 e. The number of thioether (sulfide) groups is 1. The molecular formula is C16H16N2O2S2. The van der Waals surface area contributed by atoms with E-state index in [0.29, 0.717) is 16.6 Å². The summed E-state index contributed by atoms with van der Waals surface area (Å²) in [6, 6.07) is 13.4. The average Bonchev–Trinajstić information content (AvgIpc) is 2.45. The van der Waals surface area contributed by atoms with Crippen LogP contribution in [0.4, 0.5) is 5.69 Å².